The fourth-order valence-electron chi connectivity index (χ4n) is 16.9. The van der Waals surface area contributed by atoms with Crippen molar-refractivity contribution in [2.75, 3.05) is 77.8 Å². The van der Waals surface area contributed by atoms with Crippen molar-refractivity contribution in [2.24, 2.45) is 81.8 Å². The van der Waals surface area contributed by atoms with Crippen molar-refractivity contribution in [3.8, 4) is 0 Å². The van der Waals surface area contributed by atoms with Crippen molar-refractivity contribution in [1.29, 1.82) is 0 Å². The molecule has 0 bridgehead atoms. The first-order valence-corrected chi connectivity index (χ1v) is 26.9. The van der Waals surface area contributed by atoms with Crippen LogP contribution in [-0.2, 0) is 28.7 Å². The molecule has 8 aliphatic carbocycles. The number of ketones is 2. The van der Waals surface area contributed by atoms with Crippen LogP contribution in [0.4, 0.5) is 8.78 Å². The van der Waals surface area contributed by atoms with Crippen LogP contribution in [0, 0.1) is 81.8 Å². The standard InChI is InChI=1S/C25H40FNO3.C21H32BrFO2.C4H9NO.CH2O3.2CH4.2K.H/c1-24-8-6-19-18-7-9-25(29,16-26)14-17(18)2-3-20(19)21(24)4-5-22(24)23(28)15-27-10-12-30-13-11-27;1-20-8-6-15-14-7-9-21(25,12-23)10-13(14)2-3-16(15)17(20)4-5-18(20)19(24)11-22;1-3-6-4-2-5-1;2-1-4-3;;;;;/h17-22,29H,2-16H2,1H3;13-18,25H,2-12H2,1H3;5H,1-4H2;1,3H;2*1H4;;;/q;;;;;;2*+1;-1/p-1/t17-,18+,19-,20-,21+,22-,24+,25-;13-,14+,15-,16-,17+,18-,20+,21-;;;;;;;/m11......./s1. The number of alkyl halides is 3. The maximum Gasteiger partial charge on any atom is 1.00 e. The van der Waals surface area contributed by atoms with Gasteiger partial charge in [0.05, 0.1) is 49.5 Å². The Hall–Kier alpha value is 2.14. The predicted octanol–water partition coefficient (Wildman–Crippen LogP) is 2.21. The van der Waals surface area contributed by atoms with E-state index < -0.39 is 24.6 Å². The molecular weight excluding hydrogens is 1000 g/mol. The van der Waals surface area contributed by atoms with Crippen LogP contribution in [0.5, 0.6) is 0 Å². The van der Waals surface area contributed by atoms with Crippen molar-refractivity contribution in [3.05, 3.63) is 0 Å². The first-order valence-electron chi connectivity index (χ1n) is 25.8. The zero-order chi connectivity index (χ0) is 46.4. The van der Waals surface area contributed by atoms with Gasteiger partial charge in [-0.05, 0) is 186 Å². The van der Waals surface area contributed by atoms with Crippen molar-refractivity contribution in [1.82, 2.24) is 10.2 Å². The Labute approximate surface area is 510 Å². The summed E-state index contributed by atoms with van der Waals surface area (Å²) in [6, 6.07) is 0. The number of ether oxygens (including phenoxy) is 2. The Bertz CT molecular complexity index is 1580. The maximum absolute atomic E-state index is 13.4. The van der Waals surface area contributed by atoms with E-state index in [-0.39, 0.29) is 148 Å². The van der Waals surface area contributed by atoms with Crippen LogP contribution in [0.15, 0.2) is 0 Å². The zero-order valence-corrected chi connectivity index (χ0v) is 49.4. The summed E-state index contributed by atoms with van der Waals surface area (Å²) < 4.78 is 37.1. The van der Waals surface area contributed by atoms with Gasteiger partial charge in [-0.3, -0.25) is 19.3 Å². The first-order chi connectivity index (χ1) is 31.3. The molecule has 390 valence electrons. The van der Waals surface area contributed by atoms with Gasteiger partial charge in [-0.15, -0.1) is 0 Å². The van der Waals surface area contributed by atoms with E-state index in [1.807, 2.05) is 0 Å². The summed E-state index contributed by atoms with van der Waals surface area (Å²) in [4.78, 5) is 39.3. The number of Topliss-reactive ketones (excluding diaryl/α,β-unsaturated/α-hetero) is 2. The molecule has 0 aromatic heterocycles. The van der Waals surface area contributed by atoms with Crippen molar-refractivity contribution < 1.29 is 157 Å². The zero-order valence-electron chi connectivity index (χ0n) is 42.6. The molecular formula is C53H91BrF2K2N2O9. The summed E-state index contributed by atoms with van der Waals surface area (Å²) in [6.45, 7) is 11.2. The third-order valence-electron chi connectivity index (χ3n) is 20.0. The van der Waals surface area contributed by atoms with Crippen LogP contribution in [0.25, 0.3) is 0 Å². The number of nitrogens with one attached hydrogen (secondary N) is 1. The number of halogens is 3. The molecule has 10 fully saturated rings. The van der Waals surface area contributed by atoms with E-state index in [0.717, 1.165) is 115 Å². The van der Waals surface area contributed by atoms with E-state index in [1.54, 1.807) is 0 Å². The molecule has 16 atom stereocenters. The minimum absolute atomic E-state index is 0. The van der Waals surface area contributed by atoms with Gasteiger partial charge in [-0.25, -0.2) is 8.78 Å². The molecule has 69 heavy (non-hydrogen) atoms. The van der Waals surface area contributed by atoms with Gasteiger partial charge in [0.1, 0.15) is 24.9 Å². The number of hydrogen-bond acceptors (Lipinski definition) is 11. The van der Waals surface area contributed by atoms with Gasteiger partial charge in [-0.2, -0.15) is 0 Å². The third-order valence-corrected chi connectivity index (χ3v) is 20.5. The molecule has 2 heterocycles. The molecule has 8 saturated carbocycles. The fourth-order valence-corrected chi connectivity index (χ4v) is 17.3. The third kappa shape index (κ3) is 15.0. The number of morpholine rings is 2. The summed E-state index contributed by atoms with van der Waals surface area (Å²) in [5.74, 6) is 8.08. The van der Waals surface area contributed by atoms with Crippen LogP contribution >= 0.6 is 15.9 Å². The van der Waals surface area contributed by atoms with E-state index in [4.69, 9.17) is 19.5 Å². The SMILES string of the molecule is C.C.C1COCCN1.C[C@]12CC[C@H]3[C@@H](CC[C@@H]4C[C@@](O)(CF)CC[C@@H]43)[C@@H]1CC[C@@H]2C(=O)CBr.C[C@]12CC[C@H]3[C@@H](CC[C@@H]4C[C@@](O)(CF)CC[C@@H]43)[C@@H]1CC[C@@H]2C(=O)CN1CCOCC1.O=CO[O-].[H-].[K+].[K+]. The Morgan fingerprint density at radius 2 is 1.10 bits per heavy atom. The number of rotatable bonds is 8. The van der Waals surface area contributed by atoms with Crippen LogP contribution in [0.2, 0.25) is 0 Å². The Morgan fingerprint density at radius 3 is 1.48 bits per heavy atom. The topological polar surface area (TPSA) is 158 Å². The molecule has 0 amide bonds. The fraction of sp³-hybridized carbons (Fsp3) is 0.943. The molecule has 0 aromatic rings. The number of nitrogens with zero attached hydrogens (tertiary/aromatic N) is 1. The van der Waals surface area contributed by atoms with Gasteiger partial charge < -0.3 is 36.6 Å². The van der Waals surface area contributed by atoms with Gasteiger partial charge in [0, 0.05) is 38.0 Å². The summed E-state index contributed by atoms with van der Waals surface area (Å²) >= 11 is 3.39. The van der Waals surface area contributed by atoms with Crippen molar-refractivity contribution >= 4 is 34.0 Å². The Morgan fingerprint density at radius 1 is 0.681 bits per heavy atom. The average Bonchev–Trinajstić information content (AvgIpc) is 3.89. The molecule has 0 unspecified atom stereocenters. The van der Waals surface area contributed by atoms with E-state index in [1.165, 1.54) is 51.4 Å². The quantitative estimate of drug-likeness (QED) is 0.108. The molecule has 0 aromatic carbocycles. The first kappa shape index (κ1) is 65.4. The maximum atomic E-state index is 13.4. The Balaban J connectivity index is 0.000000381. The minimum atomic E-state index is -1.05. The van der Waals surface area contributed by atoms with Gasteiger partial charge >= 0.3 is 103 Å². The second kappa shape index (κ2) is 29.8. The molecule has 0 spiro atoms. The molecule has 10 rings (SSSR count). The summed E-state index contributed by atoms with van der Waals surface area (Å²) in [7, 11) is 0. The number of carbonyl (C=O) groups excluding carboxylic acids is 3. The van der Waals surface area contributed by atoms with Gasteiger partial charge in [0.25, 0.3) is 6.47 Å². The predicted molar refractivity (Wildman–Crippen MR) is 260 cm³/mol. The van der Waals surface area contributed by atoms with Gasteiger partial charge in [-0.1, -0.05) is 44.6 Å². The second-order valence-corrected chi connectivity index (χ2v) is 23.5. The number of hydrogen-bond donors (Lipinski definition) is 3. The summed E-state index contributed by atoms with van der Waals surface area (Å²) in [6.07, 6.45) is 18.7. The Kier molecular flexibility index (Phi) is 28.2. The molecule has 2 saturated heterocycles. The van der Waals surface area contributed by atoms with Crippen LogP contribution < -0.4 is 113 Å². The molecule has 10 aliphatic rings. The van der Waals surface area contributed by atoms with Crippen LogP contribution in [0.1, 0.15) is 146 Å². The van der Waals surface area contributed by atoms with Crippen molar-refractivity contribution in [3.63, 3.8) is 0 Å². The second-order valence-electron chi connectivity index (χ2n) is 22.9. The van der Waals surface area contributed by atoms with E-state index in [9.17, 15) is 28.6 Å². The molecule has 16 heteroatoms. The number of fused-ring (bicyclic) bond motifs is 10. The van der Waals surface area contributed by atoms with Gasteiger partial charge in [0.15, 0.2) is 0 Å². The van der Waals surface area contributed by atoms with Gasteiger partial charge in [0.2, 0.25) is 0 Å². The average molecular weight is 1100 g/mol. The smallest absolute Gasteiger partial charge is 1.00 e. The number of carbonyl (C=O) groups is 3. The van der Waals surface area contributed by atoms with E-state index in [0.29, 0.717) is 84.6 Å². The molecule has 3 N–H and O–H groups in total. The largest absolute Gasteiger partial charge is 1.00 e. The molecule has 11 nitrogen and oxygen atoms in total. The van der Waals surface area contributed by atoms with E-state index in [2.05, 4.69) is 44.9 Å². The molecule has 2 aliphatic heterocycles. The monoisotopic (exact) mass is 1090 g/mol. The van der Waals surface area contributed by atoms with Crippen LogP contribution in [0.3, 0.4) is 0 Å². The number of aliphatic hydroxyl groups is 2. The summed E-state index contributed by atoms with van der Waals surface area (Å²) in [5, 5.41) is 33.0. The minimum Gasteiger partial charge on any atom is -1.00 e. The van der Waals surface area contributed by atoms with Crippen molar-refractivity contribution in [2.45, 2.75) is 155 Å². The summed E-state index contributed by atoms with van der Waals surface area (Å²) in [5.41, 5.74) is -1.72. The normalized spacial score (nSPS) is 42.7. The van der Waals surface area contributed by atoms with E-state index >= 15 is 0 Å². The molecule has 0 radical (unpaired) electrons. The van der Waals surface area contributed by atoms with Crippen LogP contribution in [-0.4, -0.2) is 122 Å².